The molecular formula is C23H30N6O. The minimum atomic E-state index is 0.0991. The number of rotatable bonds is 4. The Balaban J connectivity index is 1.43. The zero-order valence-electron chi connectivity index (χ0n) is 18.5. The van der Waals surface area contributed by atoms with Crippen molar-refractivity contribution >= 4 is 5.91 Å². The van der Waals surface area contributed by atoms with E-state index in [1.165, 1.54) is 11.3 Å². The second kappa shape index (κ2) is 8.07. The van der Waals surface area contributed by atoms with E-state index in [1.807, 2.05) is 48.7 Å². The molecule has 0 spiro atoms. The molecular weight excluding hydrogens is 376 g/mol. The Morgan fingerprint density at radius 1 is 0.900 bits per heavy atom. The van der Waals surface area contributed by atoms with E-state index in [1.54, 1.807) is 4.68 Å². The molecule has 7 heteroatoms. The third-order valence-electron chi connectivity index (χ3n) is 6.21. The summed E-state index contributed by atoms with van der Waals surface area (Å²) in [7, 11) is 1.89. The lowest BCUT2D eigenvalue weighted by atomic mass is 10.1. The Kier molecular flexibility index (Phi) is 5.47. The van der Waals surface area contributed by atoms with E-state index < -0.39 is 0 Å². The van der Waals surface area contributed by atoms with Crippen molar-refractivity contribution in [3.63, 3.8) is 0 Å². The van der Waals surface area contributed by atoms with Crippen LogP contribution in [0.2, 0.25) is 0 Å². The van der Waals surface area contributed by atoms with Crippen LogP contribution in [0, 0.1) is 27.7 Å². The van der Waals surface area contributed by atoms with Crippen LogP contribution in [0.1, 0.15) is 38.7 Å². The molecule has 4 rings (SSSR count). The lowest BCUT2D eigenvalue weighted by molar-refractivity contribution is 0.0626. The highest BCUT2D eigenvalue weighted by molar-refractivity contribution is 5.96. The van der Waals surface area contributed by atoms with Gasteiger partial charge in [0.05, 0.1) is 22.6 Å². The third kappa shape index (κ3) is 3.65. The first-order valence-electron chi connectivity index (χ1n) is 10.5. The van der Waals surface area contributed by atoms with Gasteiger partial charge in [0, 0.05) is 56.7 Å². The SMILES string of the molecule is Cc1nn(-c2ccccc2)c(C)c1CN1CCN(C(=O)c2c(C)nn(C)c2C)CC1. The zero-order chi connectivity index (χ0) is 21.4. The monoisotopic (exact) mass is 406 g/mol. The minimum absolute atomic E-state index is 0.0991. The van der Waals surface area contributed by atoms with Crippen molar-refractivity contribution in [2.75, 3.05) is 26.2 Å². The van der Waals surface area contributed by atoms with Crippen LogP contribution in [0.4, 0.5) is 0 Å². The second-order valence-electron chi connectivity index (χ2n) is 8.13. The number of benzene rings is 1. The summed E-state index contributed by atoms with van der Waals surface area (Å²) in [5, 5.41) is 9.16. The highest BCUT2D eigenvalue weighted by Gasteiger charge is 2.27. The Hall–Kier alpha value is -2.93. The summed E-state index contributed by atoms with van der Waals surface area (Å²) < 4.78 is 3.81. The van der Waals surface area contributed by atoms with Crippen molar-refractivity contribution in [3.8, 4) is 5.69 Å². The van der Waals surface area contributed by atoms with E-state index in [9.17, 15) is 4.79 Å². The molecule has 0 bridgehead atoms. The maximum absolute atomic E-state index is 13.0. The summed E-state index contributed by atoms with van der Waals surface area (Å²) in [5.41, 5.74) is 7.10. The first kappa shape index (κ1) is 20.3. The van der Waals surface area contributed by atoms with E-state index in [-0.39, 0.29) is 5.91 Å². The second-order valence-corrected chi connectivity index (χ2v) is 8.13. The van der Waals surface area contributed by atoms with Crippen molar-refractivity contribution in [2.45, 2.75) is 34.2 Å². The number of aromatic nitrogens is 4. The topological polar surface area (TPSA) is 59.2 Å². The molecule has 30 heavy (non-hydrogen) atoms. The summed E-state index contributed by atoms with van der Waals surface area (Å²) in [6.45, 7) is 12.1. The van der Waals surface area contributed by atoms with Gasteiger partial charge in [0.1, 0.15) is 0 Å². The van der Waals surface area contributed by atoms with Gasteiger partial charge in [0.2, 0.25) is 0 Å². The minimum Gasteiger partial charge on any atom is -0.336 e. The van der Waals surface area contributed by atoms with Crippen LogP contribution in [-0.2, 0) is 13.6 Å². The molecule has 1 aliphatic rings. The van der Waals surface area contributed by atoms with Crippen LogP contribution < -0.4 is 0 Å². The van der Waals surface area contributed by atoms with E-state index in [2.05, 4.69) is 36.0 Å². The van der Waals surface area contributed by atoms with Crippen molar-refractivity contribution in [3.05, 3.63) is 64.2 Å². The first-order valence-corrected chi connectivity index (χ1v) is 10.5. The summed E-state index contributed by atoms with van der Waals surface area (Å²) in [4.78, 5) is 17.4. The maximum atomic E-state index is 13.0. The average Bonchev–Trinajstić information content (AvgIpc) is 3.17. The Morgan fingerprint density at radius 3 is 2.17 bits per heavy atom. The molecule has 0 aliphatic carbocycles. The van der Waals surface area contributed by atoms with Crippen molar-refractivity contribution in [1.29, 1.82) is 0 Å². The molecule has 0 atom stereocenters. The van der Waals surface area contributed by atoms with Gasteiger partial charge in [-0.25, -0.2) is 4.68 Å². The maximum Gasteiger partial charge on any atom is 0.257 e. The summed E-state index contributed by atoms with van der Waals surface area (Å²) in [6, 6.07) is 10.2. The number of piperazine rings is 1. The van der Waals surface area contributed by atoms with Gasteiger partial charge >= 0.3 is 0 Å². The molecule has 0 radical (unpaired) electrons. The molecule has 2 aromatic heterocycles. The van der Waals surface area contributed by atoms with Gasteiger partial charge in [0.15, 0.2) is 0 Å². The zero-order valence-corrected chi connectivity index (χ0v) is 18.5. The molecule has 0 unspecified atom stereocenters. The van der Waals surface area contributed by atoms with Gasteiger partial charge in [-0.3, -0.25) is 14.4 Å². The van der Waals surface area contributed by atoms with E-state index in [4.69, 9.17) is 5.10 Å². The predicted molar refractivity (Wildman–Crippen MR) is 117 cm³/mol. The quantitative estimate of drug-likeness (QED) is 0.669. The molecule has 1 saturated heterocycles. The first-order chi connectivity index (χ1) is 14.4. The van der Waals surface area contributed by atoms with Gasteiger partial charge in [-0.1, -0.05) is 18.2 Å². The van der Waals surface area contributed by atoms with Gasteiger partial charge in [-0.15, -0.1) is 0 Å². The van der Waals surface area contributed by atoms with Gasteiger partial charge in [-0.05, 0) is 39.8 Å². The number of carbonyl (C=O) groups excluding carboxylic acids is 1. The molecule has 158 valence electrons. The predicted octanol–water partition coefficient (Wildman–Crippen LogP) is 2.80. The lowest BCUT2D eigenvalue weighted by Crippen LogP contribution is -2.48. The highest BCUT2D eigenvalue weighted by atomic mass is 16.2. The van der Waals surface area contributed by atoms with Crippen LogP contribution >= 0.6 is 0 Å². The number of carbonyl (C=O) groups is 1. The van der Waals surface area contributed by atoms with Crippen LogP contribution in [0.15, 0.2) is 30.3 Å². The van der Waals surface area contributed by atoms with Crippen LogP contribution in [0.3, 0.4) is 0 Å². The molecule has 7 nitrogen and oxygen atoms in total. The lowest BCUT2D eigenvalue weighted by Gasteiger charge is -2.35. The number of nitrogens with zero attached hydrogens (tertiary/aromatic N) is 6. The molecule has 1 aromatic carbocycles. The van der Waals surface area contributed by atoms with E-state index >= 15 is 0 Å². The standard InChI is InChI=1S/C23H30N6O/c1-16-21(18(3)29(25-16)20-9-7-6-8-10-20)15-27-11-13-28(14-12-27)23(30)22-17(2)24-26(5)19(22)4/h6-10H,11-15H2,1-5H3. The summed E-state index contributed by atoms with van der Waals surface area (Å²) in [5.74, 6) is 0.0991. The van der Waals surface area contributed by atoms with Crippen LogP contribution in [0.25, 0.3) is 5.69 Å². The molecule has 0 saturated carbocycles. The number of hydrogen-bond donors (Lipinski definition) is 0. The van der Waals surface area contributed by atoms with Gasteiger partial charge in [-0.2, -0.15) is 10.2 Å². The highest BCUT2D eigenvalue weighted by Crippen LogP contribution is 2.21. The number of aryl methyl sites for hydroxylation is 3. The van der Waals surface area contributed by atoms with Gasteiger partial charge in [0.25, 0.3) is 5.91 Å². The molecule has 0 N–H and O–H groups in total. The fourth-order valence-corrected chi connectivity index (χ4v) is 4.30. The van der Waals surface area contributed by atoms with Crippen LogP contribution in [0.5, 0.6) is 0 Å². The number of hydrogen-bond acceptors (Lipinski definition) is 4. The van der Waals surface area contributed by atoms with Crippen molar-refractivity contribution in [2.24, 2.45) is 7.05 Å². The fourth-order valence-electron chi connectivity index (χ4n) is 4.30. The van der Waals surface area contributed by atoms with Crippen molar-refractivity contribution < 1.29 is 4.79 Å². The fraction of sp³-hybridized carbons (Fsp3) is 0.435. The molecule has 1 amide bonds. The van der Waals surface area contributed by atoms with E-state index in [0.29, 0.717) is 0 Å². The molecule has 1 fully saturated rings. The number of amides is 1. The summed E-state index contributed by atoms with van der Waals surface area (Å²) >= 11 is 0. The van der Waals surface area contributed by atoms with E-state index in [0.717, 1.165) is 61.1 Å². The molecule has 3 heterocycles. The Labute approximate surface area is 177 Å². The average molecular weight is 407 g/mol. The largest absolute Gasteiger partial charge is 0.336 e. The summed E-state index contributed by atoms with van der Waals surface area (Å²) in [6.07, 6.45) is 0. The molecule has 1 aliphatic heterocycles. The normalized spacial score (nSPS) is 15.0. The third-order valence-corrected chi connectivity index (χ3v) is 6.21. The smallest absolute Gasteiger partial charge is 0.257 e. The number of para-hydroxylation sites is 1. The van der Waals surface area contributed by atoms with Crippen molar-refractivity contribution in [1.82, 2.24) is 29.4 Å². The molecule has 3 aromatic rings. The van der Waals surface area contributed by atoms with Gasteiger partial charge < -0.3 is 4.90 Å². The van der Waals surface area contributed by atoms with Crippen LogP contribution in [-0.4, -0.2) is 61.4 Å². The Morgan fingerprint density at radius 2 is 1.57 bits per heavy atom. The Bertz CT molecular complexity index is 1060.